The lowest BCUT2D eigenvalue weighted by atomic mass is 10.0. The number of nitrogens with two attached hydrogens (primary N) is 1. The zero-order valence-electron chi connectivity index (χ0n) is 12.7. The summed E-state index contributed by atoms with van der Waals surface area (Å²) in [5, 5.41) is 0. The monoisotopic (exact) mass is 312 g/mol. The van der Waals surface area contributed by atoms with E-state index in [-0.39, 0.29) is 5.92 Å². The average molecular weight is 312 g/mol. The van der Waals surface area contributed by atoms with Crippen LogP contribution in [0.2, 0.25) is 0 Å². The maximum atomic E-state index is 12.8. The Morgan fingerprint density at radius 3 is 2.81 bits per heavy atom. The molecule has 2 rings (SSSR count). The van der Waals surface area contributed by atoms with E-state index in [4.69, 9.17) is 10.5 Å². The predicted octanol–water partition coefficient (Wildman–Crippen LogP) is 1.88. The van der Waals surface area contributed by atoms with Crippen LogP contribution < -0.4 is 5.73 Å². The Morgan fingerprint density at radius 2 is 2.19 bits per heavy atom. The number of rotatable bonds is 5. The van der Waals surface area contributed by atoms with Crippen LogP contribution in [0.4, 0.5) is 5.69 Å². The fourth-order valence-electron chi connectivity index (χ4n) is 2.68. The van der Waals surface area contributed by atoms with Crippen molar-refractivity contribution in [3.8, 4) is 0 Å². The summed E-state index contributed by atoms with van der Waals surface area (Å²) in [6, 6.07) is 5.09. The lowest BCUT2D eigenvalue weighted by molar-refractivity contribution is 0.0495. The second kappa shape index (κ2) is 6.77. The van der Waals surface area contributed by atoms with Crippen molar-refractivity contribution in [1.29, 1.82) is 0 Å². The number of benzene rings is 1. The molecule has 0 aromatic heterocycles. The summed E-state index contributed by atoms with van der Waals surface area (Å²) in [6.45, 7) is 3.85. The number of anilines is 1. The molecule has 21 heavy (non-hydrogen) atoms. The Kier molecular flexibility index (Phi) is 5.24. The molecule has 0 bridgehead atoms. The molecule has 0 spiro atoms. The van der Waals surface area contributed by atoms with E-state index in [0.717, 1.165) is 25.0 Å². The van der Waals surface area contributed by atoms with Gasteiger partial charge in [0, 0.05) is 25.9 Å². The topological polar surface area (TPSA) is 72.6 Å². The molecule has 1 heterocycles. The standard InChI is InChI=1S/C15H24N2O3S/c1-3-13-6-7-14(16)9-15(13)21(18,19)17(2)10-12-5-4-8-20-11-12/h6-7,9,12H,3-5,8,10-11,16H2,1-2H3. The molecule has 1 fully saturated rings. The zero-order valence-corrected chi connectivity index (χ0v) is 13.5. The second-order valence-corrected chi connectivity index (χ2v) is 7.60. The number of sulfonamides is 1. The first-order valence-electron chi connectivity index (χ1n) is 7.37. The van der Waals surface area contributed by atoms with Crippen molar-refractivity contribution in [2.75, 3.05) is 32.5 Å². The lowest BCUT2D eigenvalue weighted by Crippen LogP contribution is -2.35. The largest absolute Gasteiger partial charge is 0.399 e. The number of hydrogen-bond donors (Lipinski definition) is 1. The third-order valence-electron chi connectivity index (χ3n) is 3.93. The van der Waals surface area contributed by atoms with Gasteiger partial charge in [0.2, 0.25) is 10.0 Å². The van der Waals surface area contributed by atoms with E-state index in [0.29, 0.717) is 30.2 Å². The summed E-state index contributed by atoms with van der Waals surface area (Å²) in [6.07, 6.45) is 2.67. The molecule has 1 atom stereocenters. The van der Waals surface area contributed by atoms with Crippen molar-refractivity contribution in [3.63, 3.8) is 0 Å². The molecule has 118 valence electrons. The van der Waals surface area contributed by atoms with Gasteiger partial charge in [0.25, 0.3) is 0 Å². The highest BCUT2D eigenvalue weighted by atomic mass is 32.2. The van der Waals surface area contributed by atoms with Crippen LogP contribution in [0, 0.1) is 5.92 Å². The molecule has 1 aromatic rings. The van der Waals surface area contributed by atoms with E-state index in [1.807, 2.05) is 6.92 Å². The molecule has 0 aliphatic carbocycles. The molecule has 1 aromatic carbocycles. The van der Waals surface area contributed by atoms with Crippen molar-refractivity contribution in [2.45, 2.75) is 31.1 Å². The van der Waals surface area contributed by atoms with Crippen LogP contribution in [0.5, 0.6) is 0 Å². The summed E-state index contributed by atoms with van der Waals surface area (Å²) >= 11 is 0. The van der Waals surface area contributed by atoms with Gasteiger partial charge in [-0.05, 0) is 42.9 Å². The highest BCUT2D eigenvalue weighted by Crippen LogP contribution is 2.24. The van der Waals surface area contributed by atoms with Crippen LogP contribution in [0.1, 0.15) is 25.3 Å². The van der Waals surface area contributed by atoms with Crippen molar-refractivity contribution in [3.05, 3.63) is 23.8 Å². The molecule has 0 amide bonds. The third kappa shape index (κ3) is 3.75. The van der Waals surface area contributed by atoms with Crippen molar-refractivity contribution in [2.24, 2.45) is 5.92 Å². The molecule has 0 radical (unpaired) electrons. The van der Waals surface area contributed by atoms with Crippen LogP contribution >= 0.6 is 0 Å². The Labute approximate surface area is 127 Å². The maximum absolute atomic E-state index is 12.8. The summed E-state index contributed by atoms with van der Waals surface area (Å²) in [5.74, 6) is 0.268. The predicted molar refractivity (Wildman–Crippen MR) is 83.6 cm³/mol. The number of aryl methyl sites for hydroxylation is 1. The van der Waals surface area contributed by atoms with Gasteiger partial charge in [-0.15, -0.1) is 0 Å². The SMILES string of the molecule is CCc1ccc(N)cc1S(=O)(=O)N(C)CC1CCCOC1. The van der Waals surface area contributed by atoms with Crippen molar-refractivity contribution in [1.82, 2.24) is 4.31 Å². The Morgan fingerprint density at radius 1 is 1.43 bits per heavy atom. The molecule has 5 nitrogen and oxygen atoms in total. The molecule has 1 saturated heterocycles. The first kappa shape index (κ1) is 16.3. The van der Waals surface area contributed by atoms with Gasteiger partial charge in [0.15, 0.2) is 0 Å². The van der Waals surface area contributed by atoms with Gasteiger partial charge in [-0.3, -0.25) is 0 Å². The minimum atomic E-state index is -3.51. The van der Waals surface area contributed by atoms with Gasteiger partial charge in [-0.1, -0.05) is 13.0 Å². The minimum Gasteiger partial charge on any atom is -0.399 e. The van der Waals surface area contributed by atoms with E-state index in [9.17, 15) is 8.42 Å². The van der Waals surface area contributed by atoms with Gasteiger partial charge < -0.3 is 10.5 Å². The Hall–Kier alpha value is -1.11. The van der Waals surface area contributed by atoms with Gasteiger partial charge in [0.1, 0.15) is 0 Å². The fraction of sp³-hybridized carbons (Fsp3) is 0.600. The van der Waals surface area contributed by atoms with Crippen LogP contribution in [0.15, 0.2) is 23.1 Å². The number of nitrogen functional groups attached to an aromatic ring is 1. The molecule has 2 N–H and O–H groups in total. The summed E-state index contributed by atoms with van der Waals surface area (Å²) < 4.78 is 32.4. The number of hydrogen-bond acceptors (Lipinski definition) is 4. The minimum absolute atomic E-state index is 0.268. The van der Waals surface area contributed by atoms with E-state index in [1.54, 1.807) is 25.2 Å². The van der Waals surface area contributed by atoms with E-state index < -0.39 is 10.0 Å². The van der Waals surface area contributed by atoms with Crippen LogP contribution in [0.3, 0.4) is 0 Å². The summed E-state index contributed by atoms with van der Waals surface area (Å²) in [5.41, 5.74) is 7.03. The van der Waals surface area contributed by atoms with Crippen LogP contribution in [-0.4, -0.2) is 39.5 Å². The van der Waals surface area contributed by atoms with Crippen LogP contribution in [0.25, 0.3) is 0 Å². The second-order valence-electron chi connectivity index (χ2n) is 5.59. The lowest BCUT2D eigenvalue weighted by Gasteiger charge is -2.27. The summed E-state index contributed by atoms with van der Waals surface area (Å²) in [4.78, 5) is 0.323. The summed E-state index contributed by atoms with van der Waals surface area (Å²) in [7, 11) is -1.87. The van der Waals surface area contributed by atoms with Crippen LogP contribution in [-0.2, 0) is 21.2 Å². The highest BCUT2D eigenvalue weighted by Gasteiger charge is 2.27. The Balaban J connectivity index is 2.22. The Bertz CT molecular complexity index is 581. The molecule has 1 aliphatic heterocycles. The molecular formula is C15H24N2O3S. The normalized spacial score (nSPS) is 19.9. The molecule has 6 heteroatoms. The molecule has 1 aliphatic rings. The molecule has 1 unspecified atom stereocenters. The van der Waals surface area contributed by atoms with Gasteiger partial charge in [-0.2, -0.15) is 0 Å². The first-order valence-corrected chi connectivity index (χ1v) is 8.81. The fourth-order valence-corrected chi connectivity index (χ4v) is 4.26. The smallest absolute Gasteiger partial charge is 0.243 e. The first-order chi connectivity index (χ1) is 9.95. The third-order valence-corrected chi connectivity index (χ3v) is 5.84. The average Bonchev–Trinajstić information content (AvgIpc) is 2.48. The van der Waals surface area contributed by atoms with Crippen molar-refractivity contribution < 1.29 is 13.2 Å². The molecular weight excluding hydrogens is 288 g/mol. The van der Waals surface area contributed by atoms with E-state index in [2.05, 4.69) is 0 Å². The van der Waals surface area contributed by atoms with Gasteiger partial charge in [-0.25, -0.2) is 12.7 Å². The van der Waals surface area contributed by atoms with Gasteiger partial charge >= 0.3 is 0 Å². The van der Waals surface area contributed by atoms with Gasteiger partial charge in [0.05, 0.1) is 11.5 Å². The number of ether oxygens (including phenoxy) is 1. The number of nitrogens with zero attached hydrogens (tertiary/aromatic N) is 1. The molecule has 0 saturated carbocycles. The quantitative estimate of drug-likeness (QED) is 0.843. The maximum Gasteiger partial charge on any atom is 0.243 e. The van der Waals surface area contributed by atoms with E-state index in [1.165, 1.54) is 4.31 Å². The van der Waals surface area contributed by atoms with E-state index >= 15 is 0 Å². The highest BCUT2D eigenvalue weighted by molar-refractivity contribution is 7.89. The zero-order chi connectivity index (χ0) is 15.5. The van der Waals surface area contributed by atoms with Crippen molar-refractivity contribution >= 4 is 15.7 Å².